The van der Waals surface area contributed by atoms with Gasteiger partial charge in [0.2, 0.25) is 5.91 Å². The number of aromatic amines is 1. The van der Waals surface area contributed by atoms with Crippen LogP contribution in [0.1, 0.15) is 42.7 Å². The van der Waals surface area contributed by atoms with Crippen molar-refractivity contribution >= 4 is 34.4 Å². The Morgan fingerprint density at radius 2 is 1.65 bits per heavy atom. The highest BCUT2D eigenvalue weighted by Crippen LogP contribution is 2.45. The summed E-state index contributed by atoms with van der Waals surface area (Å²) in [5, 5.41) is 87.4. The van der Waals surface area contributed by atoms with Crippen molar-refractivity contribution in [1.29, 1.82) is 0 Å². The van der Waals surface area contributed by atoms with Crippen molar-refractivity contribution in [3.8, 4) is 11.3 Å². The minimum absolute atomic E-state index is 0.0117. The zero-order valence-electron chi connectivity index (χ0n) is 28.1. The zero-order chi connectivity index (χ0) is 38.1. The number of likely N-dealkylation sites (tertiary alicyclic amines) is 1. The Bertz CT molecular complexity index is 1900. The van der Waals surface area contributed by atoms with Gasteiger partial charge in [-0.2, -0.15) is 0 Å². The number of nitrogens with zero attached hydrogens (tertiary/aromatic N) is 5. The highest BCUT2D eigenvalue weighted by Gasteiger charge is 2.75. The van der Waals surface area contributed by atoms with E-state index in [1.807, 2.05) is 19.9 Å². The third-order valence-corrected chi connectivity index (χ3v) is 8.35. The number of piperidine rings is 1. The van der Waals surface area contributed by atoms with Gasteiger partial charge in [-0.25, -0.2) is 14.9 Å². The number of amides is 2. The minimum Gasteiger partial charge on any atom is -0.349 e. The third-order valence-electron chi connectivity index (χ3n) is 8.35. The van der Waals surface area contributed by atoms with Crippen LogP contribution in [-0.2, 0) is 16.1 Å². The maximum absolute atomic E-state index is 13.1. The van der Waals surface area contributed by atoms with E-state index >= 15 is 0 Å². The molecule has 0 spiro atoms. The molecule has 52 heavy (non-hydrogen) atoms. The second-order valence-corrected chi connectivity index (χ2v) is 11.9. The fraction of sp³-hybridized carbons (Fsp3) is 0.364. The van der Waals surface area contributed by atoms with E-state index in [0.717, 1.165) is 31.3 Å². The third kappa shape index (κ3) is 7.36. The molecule has 19 heteroatoms. The second kappa shape index (κ2) is 14.6. The number of carbonyl (C=O) groups excluding carboxylic acids is 2. The molecule has 2 aliphatic heterocycles. The summed E-state index contributed by atoms with van der Waals surface area (Å²) >= 11 is 0. The monoisotopic (exact) mass is 724 g/mol. The maximum atomic E-state index is 13.1. The number of morpholine rings is 1. The van der Waals surface area contributed by atoms with Crippen LogP contribution in [0.3, 0.4) is 0 Å². The lowest BCUT2D eigenvalue weighted by Crippen LogP contribution is -2.84. The van der Waals surface area contributed by atoms with Gasteiger partial charge in [-0.3, -0.25) is 24.2 Å². The van der Waals surface area contributed by atoms with Gasteiger partial charge >= 0.3 is 23.8 Å². The molecule has 2 saturated heterocycles. The van der Waals surface area contributed by atoms with Crippen LogP contribution >= 0.6 is 0 Å². The molecule has 0 saturated carbocycles. The highest BCUT2D eigenvalue weighted by atomic mass is 16.9. The quantitative estimate of drug-likeness (QED) is 0.0764. The molecule has 2 fully saturated rings. The summed E-state index contributed by atoms with van der Waals surface area (Å²) in [6.07, 6.45) is 5.43. The van der Waals surface area contributed by atoms with Gasteiger partial charge in [-0.1, -0.05) is 32.6 Å². The van der Waals surface area contributed by atoms with Crippen LogP contribution in [0, 0.1) is 0 Å². The SMILES string of the molecule is C=CC(=O)NC1CCCN(Cc2ccnc(C(=O)Nc3ccc(-c4cc5c(N6C(O)(O)C(O)(O)OC(O)(O)C6(O)O)ncnc5[nH]4)cc3)c2)C1.CC. The van der Waals surface area contributed by atoms with Crippen molar-refractivity contribution in [3.63, 3.8) is 0 Å². The van der Waals surface area contributed by atoms with E-state index in [0.29, 0.717) is 30.0 Å². The molecule has 0 radical (unpaired) electrons. The molecule has 5 heterocycles. The number of nitrogens with one attached hydrogen (secondary N) is 3. The zero-order valence-corrected chi connectivity index (χ0v) is 28.1. The van der Waals surface area contributed by atoms with Gasteiger partial charge in [-0.05, 0) is 66.9 Å². The Morgan fingerprint density at radius 1 is 0.981 bits per heavy atom. The summed E-state index contributed by atoms with van der Waals surface area (Å²) in [7, 11) is 0. The standard InChI is InChI=1S/C31H34N8O11.C2H6/c1-2-24(40)35-20-4-3-11-38(15-20)14-17-9-10-32-23(12-17)27(41)36-19-7-5-18(6-8-19)22-13-21-25(37-22)33-16-34-26(21)39-28(42,43)30(46,47)50-31(48,49)29(39,44)45;1-2/h2,5-10,12-13,16,20,42-49H,1,3-4,11,14-15H2,(H,35,40)(H,36,41)(H,33,34,37);1-2H3. The largest absolute Gasteiger partial charge is 0.362 e. The fourth-order valence-electron chi connectivity index (χ4n) is 5.86. The van der Waals surface area contributed by atoms with Gasteiger partial charge in [0.05, 0.1) is 5.39 Å². The molecule has 1 unspecified atom stereocenters. The summed E-state index contributed by atoms with van der Waals surface area (Å²) in [5.41, 5.74) is 2.31. The number of fused-ring (bicyclic) bond motifs is 1. The normalized spacial score (nSPS) is 20.3. The van der Waals surface area contributed by atoms with Crippen molar-refractivity contribution in [3.05, 3.63) is 78.9 Å². The molecule has 2 amide bonds. The molecular weight excluding hydrogens is 684 g/mol. The average molecular weight is 725 g/mol. The van der Waals surface area contributed by atoms with E-state index in [2.05, 4.69) is 46.8 Å². The van der Waals surface area contributed by atoms with Gasteiger partial charge in [-0.15, -0.1) is 0 Å². The molecule has 2 aliphatic rings. The van der Waals surface area contributed by atoms with Gasteiger partial charge < -0.3 is 56.5 Å². The van der Waals surface area contributed by atoms with Crippen LogP contribution in [0.5, 0.6) is 0 Å². The van der Waals surface area contributed by atoms with Gasteiger partial charge in [0.25, 0.3) is 5.91 Å². The number of aliphatic hydroxyl groups is 8. The van der Waals surface area contributed by atoms with Crippen LogP contribution in [0.25, 0.3) is 22.3 Å². The van der Waals surface area contributed by atoms with E-state index in [1.165, 1.54) is 12.1 Å². The number of carbonyl (C=O) groups is 2. The first-order valence-corrected chi connectivity index (χ1v) is 16.2. The van der Waals surface area contributed by atoms with E-state index in [9.17, 15) is 50.4 Å². The number of hydrogen-bond donors (Lipinski definition) is 11. The average Bonchev–Trinajstić information content (AvgIpc) is 3.54. The van der Waals surface area contributed by atoms with E-state index in [4.69, 9.17) is 0 Å². The summed E-state index contributed by atoms with van der Waals surface area (Å²) in [4.78, 5) is 41.5. The predicted molar refractivity (Wildman–Crippen MR) is 182 cm³/mol. The van der Waals surface area contributed by atoms with Crippen molar-refractivity contribution in [2.45, 2.75) is 63.0 Å². The molecule has 19 nitrogen and oxygen atoms in total. The number of aromatic nitrogens is 4. The maximum Gasteiger partial charge on any atom is 0.362 e. The molecular formula is C33H40N8O11. The lowest BCUT2D eigenvalue weighted by atomic mass is 10.0. The molecule has 1 aromatic carbocycles. The van der Waals surface area contributed by atoms with Crippen LogP contribution in [0.4, 0.5) is 11.5 Å². The Balaban J connectivity index is 0.00000257. The number of H-pyrrole nitrogens is 1. The second-order valence-electron chi connectivity index (χ2n) is 11.9. The number of rotatable bonds is 8. The van der Waals surface area contributed by atoms with Gasteiger partial charge in [0.1, 0.15) is 23.5 Å². The topological polar surface area (TPSA) is 290 Å². The summed E-state index contributed by atoms with van der Waals surface area (Å²) in [6.45, 7) is 9.57. The molecule has 278 valence electrons. The Labute approximate surface area is 296 Å². The summed E-state index contributed by atoms with van der Waals surface area (Å²) in [6, 6.07) is 11.3. The fourth-order valence-corrected chi connectivity index (χ4v) is 5.86. The first kappa shape index (κ1) is 38.3. The number of pyridine rings is 1. The van der Waals surface area contributed by atoms with Crippen molar-refractivity contribution in [2.75, 3.05) is 23.3 Å². The summed E-state index contributed by atoms with van der Waals surface area (Å²) < 4.78 is 3.93. The van der Waals surface area contributed by atoms with E-state index < -0.39 is 35.5 Å². The number of hydrogen-bond acceptors (Lipinski definition) is 16. The molecule has 3 aromatic heterocycles. The first-order valence-electron chi connectivity index (χ1n) is 16.2. The van der Waals surface area contributed by atoms with Crippen molar-refractivity contribution in [2.24, 2.45) is 0 Å². The van der Waals surface area contributed by atoms with E-state index in [1.54, 1.807) is 36.5 Å². The Morgan fingerprint density at radius 3 is 2.31 bits per heavy atom. The van der Waals surface area contributed by atoms with Crippen LogP contribution < -0.4 is 15.5 Å². The van der Waals surface area contributed by atoms with Gasteiger partial charge in [0.15, 0.2) is 0 Å². The van der Waals surface area contributed by atoms with Crippen LogP contribution in [-0.4, -0.2) is 120 Å². The van der Waals surface area contributed by atoms with E-state index in [-0.39, 0.29) is 33.6 Å². The lowest BCUT2D eigenvalue weighted by molar-refractivity contribution is -0.606. The van der Waals surface area contributed by atoms with Crippen LogP contribution in [0.15, 0.2) is 67.6 Å². The molecule has 0 bridgehead atoms. The molecule has 11 N–H and O–H groups in total. The molecule has 0 aliphatic carbocycles. The molecule has 6 rings (SSSR count). The van der Waals surface area contributed by atoms with Crippen LogP contribution in [0.2, 0.25) is 0 Å². The first-order chi connectivity index (χ1) is 24.5. The molecule has 1 atom stereocenters. The lowest BCUT2D eigenvalue weighted by Gasteiger charge is -2.55. The minimum atomic E-state index is -4.17. The Hall–Kier alpha value is -4.93. The van der Waals surface area contributed by atoms with Crippen molar-refractivity contribution in [1.82, 2.24) is 30.2 Å². The predicted octanol–water partition coefficient (Wildman–Crippen LogP) is -1.04. The van der Waals surface area contributed by atoms with Gasteiger partial charge in [0, 0.05) is 36.7 Å². The number of benzene rings is 1. The number of anilines is 2. The van der Waals surface area contributed by atoms with Crippen molar-refractivity contribution < 1.29 is 55.2 Å². The highest BCUT2D eigenvalue weighted by molar-refractivity contribution is 6.03. The molecule has 4 aromatic rings. The summed E-state index contributed by atoms with van der Waals surface area (Å²) in [5.74, 6) is -18.0. The smallest absolute Gasteiger partial charge is 0.349 e. The number of ether oxygens (including phenoxy) is 1. The Kier molecular flexibility index (Phi) is 10.8.